The Morgan fingerprint density at radius 3 is 2.48 bits per heavy atom. The molecule has 0 spiro atoms. The van der Waals surface area contributed by atoms with Crippen LogP contribution < -0.4 is 10.8 Å². The fraction of sp³-hybridized carbons (Fsp3) is 0.611. The summed E-state index contributed by atoms with van der Waals surface area (Å²) in [5.41, 5.74) is 0.501. The Labute approximate surface area is 155 Å². The van der Waals surface area contributed by atoms with E-state index in [1.54, 1.807) is 6.07 Å². The molecule has 2 aliphatic heterocycles. The standard InChI is InChI=1S/C18H26BClN2O3/c1-12-11-21-8-9-22(12)16(23)13-6-7-14(15(20)10-13)19-24-17(2,3)18(4,5)25-19/h6-7,10,12,21H,8-9,11H2,1-5H3/t12-/m0/s1. The van der Waals surface area contributed by atoms with Gasteiger partial charge in [0.25, 0.3) is 5.91 Å². The zero-order chi connectivity index (χ0) is 18.4. The van der Waals surface area contributed by atoms with Crippen molar-refractivity contribution in [2.75, 3.05) is 19.6 Å². The van der Waals surface area contributed by atoms with Gasteiger partial charge in [-0.05, 0) is 46.8 Å². The molecule has 2 fully saturated rings. The van der Waals surface area contributed by atoms with Gasteiger partial charge in [0, 0.05) is 41.7 Å². The molecule has 0 bridgehead atoms. The van der Waals surface area contributed by atoms with Crippen LogP contribution in [0.3, 0.4) is 0 Å². The number of nitrogens with one attached hydrogen (secondary N) is 1. The highest BCUT2D eigenvalue weighted by molar-refractivity contribution is 6.65. The summed E-state index contributed by atoms with van der Waals surface area (Å²) in [6.07, 6.45) is 0. The Kier molecular flexibility index (Phi) is 4.92. The van der Waals surface area contributed by atoms with Crippen LogP contribution in [-0.4, -0.2) is 54.8 Å². The normalized spacial score (nSPS) is 25.3. The van der Waals surface area contributed by atoms with Crippen molar-refractivity contribution in [1.82, 2.24) is 10.2 Å². The molecule has 0 saturated carbocycles. The first-order chi connectivity index (χ1) is 11.6. The molecule has 3 rings (SSSR count). The van der Waals surface area contributed by atoms with E-state index in [-0.39, 0.29) is 11.9 Å². The Morgan fingerprint density at radius 2 is 1.92 bits per heavy atom. The number of rotatable bonds is 2. The summed E-state index contributed by atoms with van der Waals surface area (Å²) in [6, 6.07) is 5.54. The molecule has 25 heavy (non-hydrogen) atoms. The van der Waals surface area contributed by atoms with Gasteiger partial charge in [-0.25, -0.2) is 0 Å². The van der Waals surface area contributed by atoms with Gasteiger partial charge in [0.1, 0.15) is 0 Å². The monoisotopic (exact) mass is 364 g/mol. The van der Waals surface area contributed by atoms with Crippen LogP contribution in [0.15, 0.2) is 18.2 Å². The Hall–Kier alpha value is -1.08. The minimum atomic E-state index is -0.528. The molecule has 5 nitrogen and oxygen atoms in total. The number of amides is 1. The lowest BCUT2D eigenvalue weighted by molar-refractivity contribution is 0.00578. The molecule has 1 amide bonds. The maximum Gasteiger partial charge on any atom is 0.496 e. The topological polar surface area (TPSA) is 50.8 Å². The molecule has 1 aromatic carbocycles. The summed E-state index contributed by atoms with van der Waals surface area (Å²) in [7, 11) is -0.528. The van der Waals surface area contributed by atoms with Crippen LogP contribution in [0.5, 0.6) is 0 Å². The average molecular weight is 365 g/mol. The largest absolute Gasteiger partial charge is 0.496 e. The van der Waals surface area contributed by atoms with E-state index < -0.39 is 18.3 Å². The first-order valence-electron chi connectivity index (χ1n) is 8.79. The lowest BCUT2D eigenvalue weighted by Gasteiger charge is -2.34. The van der Waals surface area contributed by atoms with Gasteiger partial charge in [-0.3, -0.25) is 4.79 Å². The molecule has 0 aromatic heterocycles. The van der Waals surface area contributed by atoms with Gasteiger partial charge in [0.05, 0.1) is 11.2 Å². The SMILES string of the molecule is C[C@H]1CNCCN1C(=O)c1ccc(B2OC(C)(C)C(C)(C)O2)c(Cl)c1. The molecule has 2 heterocycles. The van der Waals surface area contributed by atoms with Crippen molar-refractivity contribution in [2.24, 2.45) is 0 Å². The van der Waals surface area contributed by atoms with Crippen molar-refractivity contribution in [3.8, 4) is 0 Å². The predicted octanol–water partition coefficient (Wildman–Crippen LogP) is 2.07. The molecule has 2 aliphatic rings. The first kappa shape index (κ1) is 18.7. The van der Waals surface area contributed by atoms with Gasteiger partial charge in [-0.15, -0.1) is 0 Å². The van der Waals surface area contributed by atoms with Crippen LogP contribution >= 0.6 is 11.6 Å². The molecule has 1 aromatic rings. The molecular weight excluding hydrogens is 338 g/mol. The lowest BCUT2D eigenvalue weighted by atomic mass is 9.78. The lowest BCUT2D eigenvalue weighted by Crippen LogP contribution is -2.52. The Balaban J connectivity index is 1.81. The zero-order valence-electron chi connectivity index (χ0n) is 15.6. The number of hydrogen-bond donors (Lipinski definition) is 1. The third-order valence-corrected chi connectivity index (χ3v) is 5.84. The maximum atomic E-state index is 12.8. The first-order valence-corrected chi connectivity index (χ1v) is 9.17. The van der Waals surface area contributed by atoms with E-state index in [0.717, 1.165) is 18.6 Å². The van der Waals surface area contributed by atoms with Crippen LogP contribution in [0.25, 0.3) is 0 Å². The summed E-state index contributed by atoms with van der Waals surface area (Å²) in [4.78, 5) is 14.7. The zero-order valence-corrected chi connectivity index (χ0v) is 16.3. The van der Waals surface area contributed by atoms with Crippen molar-refractivity contribution >= 4 is 30.1 Å². The van der Waals surface area contributed by atoms with Gasteiger partial charge in [-0.1, -0.05) is 17.7 Å². The second-order valence-electron chi connectivity index (χ2n) is 7.88. The second kappa shape index (κ2) is 6.58. The van der Waals surface area contributed by atoms with Crippen molar-refractivity contribution in [3.63, 3.8) is 0 Å². The van der Waals surface area contributed by atoms with E-state index in [2.05, 4.69) is 5.32 Å². The molecule has 2 saturated heterocycles. The molecule has 1 atom stereocenters. The third-order valence-electron chi connectivity index (χ3n) is 5.52. The summed E-state index contributed by atoms with van der Waals surface area (Å²) in [6.45, 7) is 12.4. The quantitative estimate of drug-likeness (QED) is 0.816. The fourth-order valence-electron chi connectivity index (χ4n) is 3.13. The molecule has 0 aliphatic carbocycles. The van der Waals surface area contributed by atoms with Crippen LogP contribution in [0, 0.1) is 0 Å². The highest BCUT2D eigenvalue weighted by Crippen LogP contribution is 2.37. The van der Waals surface area contributed by atoms with Gasteiger partial charge in [0.2, 0.25) is 0 Å². The van der Waals surface area contributed by atoms with E-state index in [1.807, 2.05) is 51.7 Å². The van der Waals surface area contributed by atoms with Crippen molar-refractivity contribution in [1.29, 1.82) is 0 Å². The number of carbonyl (C=O) groups is 1. The number of piperazine rings is 1. The smallest absolute Gasteiger partial charge is 0.399 e. The van der Waals surface area contributed by atoms with E-state index in [1.165, 1.54) is 0 Å². The molecular formula is C18H26BClN2O3. The molecule has 0 unspecified atom stereocenters. The minimum absolute atomic E-state index is 0.0105. The second-order valence-corrected chi connectivity index (χ2v) is 8.28. The van der Waals surface area contributed by atoms with E-state index in [0.29, 0.717) is 17.1 Å². The number of halogens is 1. The van der Waals surface area contributed by atoms with E-state index in [9.17, 15) is 4.79 Å². The highest BCUT2D eigenvalue weighted by Gasteiger charge is 2.52. The van der Waals surface area contributed by atoms with Gasteiger partial charge in [-0.2, -0.15) is 0 Å². The summed E-state index contributed by atoms with van der Waals surface area (Å²) < 4.78 is 12.1. The summed E-state index contributed by atoms with van der Waals surface area (Å²) in [5, 5.41) is 3.78. The number of hydrogen-bond acceptors (Lipinski definition) is 4. The minimum Gasteiger partial charge on any atom is -0.399 e. The molecule has 0 radical (unpaired) electrons. The third kappa shape index (κ3) is 3.45. The van der Waals surface area contributed by atoms with Crippen LogP contribution in [0.2, 0.25) is 5.02 Å². The predicted molar refractivity (Wildman–Crippen MR) is 101 cm³/mol. The van der Waals surface area contributed by atoms with Gasteiger partial charge in [0.15, 0.2) is 0 Å². The number of carbonyl (C=O) groups excluding carboxylic acids is 1. The number of benzene rings is 1. The molecule has 7 heteroatoms. The highest BCUT2D eigenvalue weighted by atomic mass is 35.5. The maximum absolute atomic E-state index is 12.8. The van der Waals surface area contributed by atoms with Crippen molar-refractivity contribution in [3.05, 3.63) is 28.8 Å². The van der Waals surface area contributed by atoms with Gasteiger partial charge >= 0.3 is 7.12 Å². The van der Waals surface area contributed by atoms with Crippen LogP contribution in [-0.2, 0) is 9.31 Å². The van der Waals surface area contributed by atoms with Gasteiger partial charge < -0.3 is 19.5 Å². The van der Waals surface area contributed by atoms with Crippen molar-refractivity contribution < 1.29 is 14.1 Å². The average Bonchev–Trinajstić information content (AvgIpc) is 2.75. The Morgan fingerprint density at radius 1 is 1.28 bits per heavy atom. The number of nitrogens with zero attached hydrogens (tertiary/aromatic N) is 1. The fourth-order valence-corrected chi connectivity index (χ4v) is 3.40. The summed E-state index contributed by atoms with van der Waals surface area (Å²) in [5.74, 6) is 0.0105. The Bertz CT molecular complexity index is 664. The summed E-state index contributed by atoms with van der Waals surface area (Å²) >= 11 is 6.47. The van der Waals surface area contributed by atoms with E-state index in [4.69, 9.17) is 20.9 Å². The van der Waals surface area contributed by atoms with E-state index >= 15 is 0 Å². The van der Waals surface area contributed by atoms with Crippen LogP contribution in [0.4, 0.5) is 0 Å². The molecule has 1 N–H and O–H groups in total. The van der Waals surface area contributed by atoms with Crippen LogP contribution in [0.1, 0.15) is 45.0 Å². The molecule has 136 valence electrons. The van der Waals surface area contributed by atoms with Crippen molar-refractivity contribution in [2.45, 2.75) is 51.9 Å².